The van der Waals surface area contributed by atoms with E-state index in [1.807, 2.05) is 6.07 Å². The number of nitrogens with two attached hydrogens (primary N) is 1. The third kappa shape index (κ3) is 3.71. The van der Waals surface area contributed by atoms with Crippen LogP contribution in [0, 0.1) is 13.8 Å². The van der Waals surface area contributed by atoms with Crippen LogP contribution in [0.4, 0.5) is 28.7 Å². The second-order valence-corrected chi connectivity index (χ2v) is 7.21. The number of para-hydroxylation sites is 1. The number of nitrogen functional groups attached to an aromatic ring is 1. The molecule has 4 rings (SSSR count). The van der Waals surface area contributed by atoms with Gasteiger partial charge in [0, 0.05) is 37.6 Å². The number of anilines is 5. The van der Waals surface area contributed by atoms with E-state index in [9.17, 15) is 0 Å². The standard InChI is InChI=1S/C22H26N6/c1-16-8-9-19(17(2)14-16)26-21-20(23)22(25-15-24-21)28-12-10-27(11-13-28)18-6-4-3-5-7-18/h3-9,14-15H,10-13,23H2,1-2H3,(H,24,25,26). The number of hydrogen-bond donors (Lipinski definition) is 2. The highest BCUT2D eigenvalue weighted by molar-refractivity contribution is 5.79. The van der Waals surface area contributed by atoms with Gasteiger partial charge in [-0.3, -0.25) is 0 Å². The van der Waals surface area contributed by atoms with Crippen LogP contribution in [0.25, 0.3) is 0 Å². The maximum absolute atomic E-state index is 6.44. The fourth-order valence-corrected chi connectivity index (χ4v) is 3.63. The first-order valence-electron chi connectivity index (χ1n) is 9.61. The minimum atomic E-state index is 0.593. The average molecular weight is 374 g/mol. The summed E-state index contributed by atoms with van der Waals surface area (Å²) in [5, 5.41) is 3.37. The Kier molecular flexibility index (Phi) is 5.02. The maximum atomic E-state index is 6.44. The average Bonchev–Trinajstić information content (AvgIpc) is 2.72. The Morgan fingerprint density at radius 3 is 2.32 bits per heavy atom. The van der Waals surface area contributed by atoms with Gasteiger partial charge >= 0.3 is 0 Å². The quantitative estimate of drug-likeness (QED) is 0.725. The molecular formula is C22H26N6. The summed E-state index contributed by atoms with van der Waals surface area (Å²) in [5.74, 6) is 1.46. The van der Waals surface area contributed by atoms with Gasteiger partial charge in [-0.15, -0.1) is 0 Å². The first-order chi connectivity index (χ1) is 13.6. The summed E-state index contributed by atoms with van der Waals surface area (Å²) in [7, 11) is 0. The first-order valence-corrected chi connectivity index (χ1v) is 9.61. The minimum Gasteiger partial charge on any atom is -0.393 e. The fraction of sp³-hybridized carbons (Fsp3) is 0.273. The number of rotatable bonds is 4. The lowest BCUT2D eigenvalue weighted by Crippen LogP contribution is -2.47. The Morgan fingerprint density at radius 2 is 1.61 bits per heavy atom. The lowest BCUT2D eigenvalue weighted by molar-refractivity contribution is 0.647. The number of nitrogens with zero attached hydrogens (tertiary/aromatic N) is 4. The molecule has 1 saturated heterocycles. The monoisotopic (exact) mass is 374 g/mol. The molecule has 3 aromatic rings. The van der Waals surface area contributed by atoms with Gasteiger partial charge in [0.2, 0.25) is 0 Å². The second-order valence-electron chi connectivity index (χ2n) is 7.21. The molecule has 1 aliphatic rings. The SMILES string of the molecule is Cc1ccc(Nc2ncnc(N3CCN(c4ccccc4)CC3)c2N)c(C)c1. The fourth-order valence-electron chi connectivity index (χ4n) is 3.63. The van der Waals surface area contributed by atoms with Gasteiger partial charge in [-0.05, 0) is 37.6 Å². The first kappa shape index (κ1) is 18.1. The molecule has 0 spiro atoms. The summed E-state index contributed by atoms with van der Waals surface area (Å²) >= 11 is 0. The molecule has 6 nitrogen and oxygen atoms in total. The lowest BCUT2D eigenvalue weighted by Gasteiger charge is -2.37. The smallest absolute Gasteiger partial charge is 0.159 e. The predicted octanol–water partition coefficient (Wildman–Crippen LogP) is 3.75. The maximum Gasteiger partial charge on any atom is 0.159 e. The van der Waals surface area contributed by atoms with Crippen molar-refractivity contribution in [2.75, 3.05) is 47.0 Å². The summed E-state index contributed by atoms with van der Waals surface area (Å²) in [6, 6.07) is 16.8. The minimum absolute atomic E-state index is 0.593. The van der Waals surface area contributed by atoms with Crippen LogP contribution >= 0.6 is 0 Å². The van der Waals surface area contributed by atoms with Crippen LogP contribution in [0.1, 0.15) is 11.1 Å². The molecule has 1 aromatic heterocycles. The Morgan fingerprint density at radius 1 is 0.893 bits per heavy atom. The van der Waals surface area contributed by atoms with Crippen molar-refractivity contribution in [3.63, 3.8) is 0 Å². The van der Waals surface area contributed by atoms with Crippen LogP contribution in [-0.4, -0.2) is 36.1 Å². The molecule has 0 bridgehead atoms. The van der Waals surface area contributed by atoms with Crippen LogP contribution in [0.15, 0.2) is 54.9 Å². The van der Waals surface area contributed by atoms with Crippen LogP contribution in [0.2, 0.25) is 0 Å². The van der Waals surface area contributed by atoms with Crippen molar-refractivity contribution in [3.8, 4) is 0 Å². The van der Waals surface area contributed by atoms with Crippen LogP contribution in [-0.2, 0) is 0 Å². The Hall–Kier alpha value is -3.28. The molecule has 28 heavy (non-hydrogen) atoms. The summed E-state index contributed by atoms with van der Waals surface area (Å²) in [6.45, 7) is 7.79. The normalized spacial score (nSPS) is 14.2. The van der Waals surface area contributed by atoms with Gasteiger partial charge in [-0.1, -0.05) is 35.9 Å². The zero-order valence-electron chi connectivity index (χ0n) is 16.4. The Balaban J connectivity index is 1.49. The molecule has 3 N–H and O–H groups in total. The van der Waals surface area contributed by atoms with Crippen molar-refractivity contribution in [1.29, 1.82) is 0 Å². The van der Waals surface area contributed by atoms with E-state index < -0.39 is 0 Å². The van der Waals surface area contributed by atoms with E-state index >= 15 is 0 Å². The summed E-state index contributed by atoms with van der Waals surface area (Å²) < 4.78 is 0. The molecule has 144 valence electrons. The molecule has 0 amide bonds. The van der Waals surface area contributed by atoms with E-state index in [4.69, 9.17) is 5.73 Å². The van der Waals surface area contributed by atoms with E-state index in [0.29, 0.717) is 11.5 Å². The van der Waals surface area contributed by atoms with Gasteiger partial charge in [-0.2, -0.15) is 0 Å². The van der Waals surface area contributed by atoms with Crippen molar-refractivity contribution >= 4 is 28.7 Å². The lowest BCUT2D eigenvalue weighted by atomic mass is 10.1. The highest BCUT2D eigenvalue weighted by Crippen LogP contribution is 2.30. The molecule has 0 unspecified atom stereocenters. The molecule has 0 saturated carbocycles. The van der Waals surface area contributed by atoms with E-state index in [1.54, 1.807) is 6.33 Å². The highest BCUT2D eigenvalue weighted by Gasteiger charge is 2.21. The van der Waals surface area contributed by atoms with E-state index in [-0.39, 0.29) is 0 Å². The van der Waals surface area contributed by atoms with Crippen LogP contribution in [0.5, 0.6) is 0 Å². The van der Waals surface area contributed by atoms with Crippen LogP contribution in [0.3, 0.4) is 0 Å². The summed E-state index contributed by atoms with van der Waals surface area (Å²) in [4.78, 5) is 13.5. The van der Waals surface area contributed by atoms with Crippen molar-refractivity contribution in [2.45, 2.75) is 13.8 Å². The number of piperazine rings is 1. The zero-order valence-corrected chi connectivity index (χ0v) is 16.4. The van der Waals surface area contributed by atoms with Crippen molar-refractivity contribution in [2.24, 2.45) is 0 Å². The topological polar surface area (TPSA) is 70.3 Å². The number of aryl methyl sites for hydroxylation is 2. The van der Waals surface area contributed by atoms with E-state index in [0.717, 1.165) is 43.2 Å². The van der Waals surface area contributed by atoms with Crippen molar-refractivity contribution < 1.29 is 0 Å². The van der Waals surface area contributed by atoms with Gasteiger partial charge in [-0.25, -0.2) is 9.97 Å². The third-order valence-corrected chi connectivity index (χ3v) is 5.20. The number of benzene rings is 2. The number of aromatic nitrogens is 2. The number of nitrogens with one attached hydrogen (secondary N) is 1. The molecule has 1 aliphatic heterocycles. The van der Waals surface area contributed by atoms with Crippen molar-refractivity contribution in [3.05, 3.63) is 66.0 Å². The van der Waals surface area contributed by atoms with Gasteiger partial charge in [0.1, 0.15) is 12.0 Å². The van der Waals surface area contributed by atoms with E-state index in [1.165, 1.54) is 11.3 Å². The molecule has 1 fully saturated rings. The Labute approximate surface area is 166 Å². The zero-order chi connectivity index (χ0) is 19.5. The summed E-state index contributed by atoms with van der Waals surface area (Å²) in [6.07, 6.45) is 1.58. The second kappa shape index (κ2) is 7.76. The van der Waals surface area contributed by atoms with Gasteiger partial charge in [0.15, 0.2) is 11.6 Å². The van der Waals surface area contributed by atoms with Crippen molar-refractivity contribution in [1.82, 2.24) is 9.97 Å². The third-order valence-electron chi connectivity index (χ3n) is 5.20. The molecule has 0 atom stereocenters. The molecule has 2 aromatic carbocycles. The predicted molar refractivity (Wildman–Crippen MR) is 117 cm³/mol. The number of hydrogen-bond acceptors (Lipinski definition) is 6. The van der Waals surface area contributed by atoms with Gasteiger partial charge in [0.25, 0.3) is 0 Å². The highest BCUT2D eigenvalue weighted by atomic mass is 15.3. The van der Waals surface area contributed by atoms with Gasteiger partial charge in [0.05, 0.1) is 0 Å². The molecular weight excluding hydrogens is 348 g/mol. The molecule has 2 heterocycles. The Bertz CT molecular complexity index is 948. The molecule has 6 heteroatoms. The molecule has 0 radical (unpaired) electrons. The van der Waals surface area contributed by atoms with Gasteiger partial charge < -0.3 is 20.9 Å². The summed E-state index contributed by atoms with van der Waals surface area (Å²) in [5.41, 5.74) is 11.7. The van der Waals surface area contributed by atoms with Crippen LogP contribution < -0.4 is 20.9 Å². The largest absolute Gasteiger partial charge is 0.393 e. The van der Waals surface area contributed by atoms with E-state index in [2.05, 4.69) is 81.4 Å². The molecule has 0 aliphatic carbocycles.